The Morgan fingerprint density at radius 1 is 1.23 bits per heavy atom. The fourth-order valence-corrected chi connectivity index (χ4v) is 2.30. The van der Waals surface area contributed by atoms with Gasteiger partial charge in [0.1, 0.15) is 11.4 Å². The van der Waals surface area contributed by atoms with Gasteiger partial charge in [-0.1, -0.05) is 6.07 Å². The number of halogens is 1. The topological polar surface area (TPSA) is 66.9 Å². The molecule has 22 heavy (non-hydrogen) atoms. The predicted molar refractivity (Wildman–Crippen MR) is 81.3 cm³/mol. The van der Waals surface area contributed by atoms with Crippen molar-refractivity contribution in [3.05, 3.63) is 70.5 Å². The minimum atomic E-state index is -0.519. The van der Waals surface area contributed by atoms with Crippen molar-refractivity contribution >= 4 is 16.8 Å². The summed E-state index contributed by atoms with van der Waals surface area (Å²) in [5.41, 5.74) is -0.395. The molecule has 0 bridgehead atoms. The molecule has 6 heteroatoms. The average Bonchev–Trinajstić information content (AvgIpc) is 3.02. The minimum absolute atomic E-state index is 0.0226. The SMILES string of the molecule is O=C(NCCn1cccc1)c1c[nH]c2c(F)cccc2c1=O. The van der Waals surface area contributed by atoms with Crippen molar-refractivity contribution < 1.29 is 9.18 Å². The van der Waals surface area contributed by atoms with Crippen LogP contribution in [0.15, 0.2) is 53.7 Å². The normalized spacial score (nSPS) is 10.8. The fourth-order valence-electron chi connectivity index (χ4n) is 2.30. The Balaban J connectivity index is 1.79. The van der Waals surface area contributed by atoms with Crippen LogP contribution in [0.2, 0.25) is 0 Å². The van der Waals surface area contributed by atoms with E-state index in [4.69, 9.17) is 0 Å². The zero-order chi connectivity index (χ0) is 15.5. The number of amides is 1. The lowest BCUT2D eigenvalue weighted by Gasteiger charge is -2.07. The third kappa shape index (κ3) is 2.63. The molecule has 3 rings (SSSR count). The van der Waals surface area contributed by atoms with Crippen LogP contribution < -0.4 is 10.7 Å². The number of carbonyl (C=O) groups is 1. The number of H-pyrrole nitrogens is 1. The molecule has 0 aliphatic rings. The second-order valence-corrected chi connectivity index (χ2v) is 4.87. The van der Waals surface area contributed by atoms with Crippen LogP contribution in [0.3, 0.4) is 0 Å². The molecule has 2 N–H and O–H groups in total. The zero-order valence-electron chi connectivity index (χ0n) is 11.7. The van der Waals surface area contributed by atoms with Gasteiger partial charge < -0.3 is 14.9 Å². The summed E-state index contributed by atoms with van der Waals surface area (Å²) in [6.07, 6.45) is 5.02. The number of aromatic amines is 1. The first kappa shape index (κ1) is 14.1. The summed E-state index contributed by atoms with van der Waals surface area (Å²) in [6, 6.07) is 7.98. The lowest BCUT2D eigenvalue weighted by molar-refractivity contribution is 0.0951. The van der Waals surface area contributed by atoms with E-state index < -0.39 is 17.2 Å². The predicted octanol–water partition coefficient (Wildman–Crippen LogP) is 1.90. The van der Waals surface area contributed by atoms with Gasteiger partial charge in [-0.2, -0.15) is 0 Å². The number of nitrogens with zero attached hydrogens (tertiary/aromatic N) is 1. The van der Waals surface area contributed by atoms with Gasteiger partial charge in [0.25, 0.3) is 5.91 Å². The number of para-hydroxylation sites is 1. The monoisotopic (exact) mass is 299 g/mol. The molecule has 0 radical (unpaired) electrons. The van der Waals surface area contributed by atoms with Crippen molar-refractivity contribution in [2.45, 2.75) is 6.54 Å². The highest BCUT2D eigenvalue weighted by atomic mass is 19.1. The van der Waals surface area contributed by atoms with E-state index in [0.29, 0.717) is 13.1 Å². The minimum Gasteiger partial charge on any atom is -0.358 e. The second-order valence-electron chi connectivity index (χ2n) is 4.87. The highest BCUT2D eigenvalue weighted by Gasteiger charge is 2.13. The quantitative estimate of drug-likeness (QED) is 0.772. The number of benzene rings is 1. The van der Waals surface area contributed by atoms with Gasteiger partial charge in [0.05, 0.1) is 5.52 Å². The van der Waals surface area contributed by atoms with Crippen molar-refractivity contribution in [1.82, 2.24) is 14.9 Å². The Kier molecular flexibility index (Phi) is 3.74. The lowest BCUT2D eigenvalue weighted by Crippen LogP contribution is -2.31. The number of fused-ring (bicyclic) bond motifs is 1. The molecule has 112 valence electrons. The summed E-state index contributed by atoms with van der Waals surface area (Å²) >= 11 is 0. The van der Waals surface area contributed by atoms with Crippen LogP contribution in [0.1, 0.15) is 10.4 Å². The van der Waals surface area contributed by atoms with Crippen molar-refractivity contribution in [3.8, 4) is 0 Å². The van der Waals surface area contributed by atoms with Crippen LogP contribution >= 0.6 is 0 Å². The molecular weight excluding hydrogens is 285 g/mol. The Morgan fingerprint density at radius 2 is 2.00 bits per heavy atom. The van der Waals surface area contributed by atoms with E-state index in [9.17, 15) is 14.0 Å². The molecule has 1 amide bonds. The van der Waals surface area contributed by atoms with Crippen LogP contribution in [0.5, 0.6) is 0 Å². The smallest absolute Gasteiger partial charge is 0.256 e. The maximum absolute atomic E-state index is 13.6. The number of pyridine rings is 1. The summed E-state index contributed by atoms with van der Waals surface area (Å²) in [4.78, 5) is 27.0. The molecule has 2 aromatic heterocycles. The zero-order valence-corrected chi connectivity index (χ0v) is 11.7. The van der Waals surface area contributed by atoms with E-state index in [-0.39, 0.29) is 16.5 Å². The number of carbonyl (C=O) groups excluding carboxylic acids is 1. The molecule has 3 aromatic rings. The molecule has 0 fully saturated rings. The van der Waals surface area contributed by atoms with Crippen molar-refractivity contribution in [1.29, 1.82) is 0 Å². The molecule has 0 aliphatic heterocycles. The standard InChI is InChI=1S/C16H14FN3O2/c17-13-5-3-4-11-14(13)19-10-12(15(11)21)16(22)18-6-9-20-7-1-2-8-20/h1-5,7-8,10H,6,9H2,(H,18,22)(H,19,21). The number of nitrogens with one attached hydrogen (secondary N) is 2. The van der Waals surface area contributed by atoms with E-state index in [0.717, 1.165) is 0 Å². The molecule has 1 aromatic carbocycles. The van der Waals surface area contributed by atoms with Crippen LogP contribution in [0.4, 0.5) is 4.39 Å². The van der Waals surface area contributed by atoms with Gasteiger partial charge in [-0.25, -0.2) is 4.39 Å². The summed E-state index contributed by atoms with van der Waals surface area (Å²) in [5, 5.41) is 2.85. The highest BCUT2D eigenvalue weighted by molar-refractivity contribution is 5.97. The van der Waals surface area contributed by atoms with Crippen LogP contribution in [0.25, 0.3) is 10.9 Å². The molecule has 0 atom stereocenters. The first-order valence-corrected chi connectivity index (χ1v) is 6.85. The molecule has 0 saturated carbocycles. The van der Waals surface area contributed by atoms with Crippen LogP contribution in [-0.2, 0) is 6.54 Å². The maximum atomic E-state index is 13.6. The maximum Gasteiger partial charge on any atom is 0.256 e. The Hall–Kier alpha value is -2.89. The second kappa shape index (κ2) is 5.85. The molecule has 0 spiro atoms. The average molecular weight is 299 g/mol. The largest absolute Gasteiger partial charge is 0.358 e. The third-order valence-electron chi connectivity index (χ3n) is 3.43. The summed E-state index contributed by atoms with van der Waals surface area (Å²) in [6.45, 7) is 1.01. The van der Waals surface area contributed by atoms with Crippen molar-refractivity contribution in [3.63, 3.8) is 0 Å². The number of hydrogen-bond acceptors (Lipinski definition) is 2. The van der Waals surface area contributed by atoms with E-state index in [1.807, 2.05) is 29.1 Å². The van der Waals surface area contributed by atoms with E-state index in [1.54, 1.807) is 0 Å². The van der Waals surface area contributed by atoms with Crippen molar-refractivity contribution in [2.24, 2.45) is 0 Å². The lowest BCUT2D eigenvalue weighted by atomic mass is 10.1. The van der Waals surface area contributed by atoms with Gasteiger partial charge in [0.2, 0.25) is 5.43 Å². The third-order valence-corrected chi connectivity index (χ3v) is 3.43. The molecule has 0 aliphatic carbocycles. The Labute approximate surface area is 125 Å². The molecular formula is C16H14FN3O2. The van der Waals surface area contributed by atoms with Gasteiger partial charge >= 0.3 is 0 Å². The molecule has 2 heterocycles. The highest BCUT2D eigenvalue weighted by Crippen LogP contribution is 2.11. The summed E-state index contributed by atoms with van der Waals surface area (Å²) < 4.78 is 15.5. The Morgan fingerprint density at radius 3 is 2.77 bits per heavy atom. The van der Waals surface area contributed by atoms with Gasteiger partial charge in [0, 0.05) is 37.1 Å². The van der Waals surface area contributed by atoms with E-state index >= 15 is 0 Å². The van der Waals surface area contributed by atoms with Crippen LogP contribution in [0, 0.1) is 5.82 Å². The first-order chi connectivity index (χ1) is 10.7. The molecule has 5 nitrogen and oxygen atoms in total. The van der Waals surface area contributed by atoms with Gasteiger partial charge in [-0.05, 0) is 24.3 Å². The van der Waals surface area contributed by atoms with E-state index in [1.165, 1.54) is 24.4 Å². The van der Waals surface area contributed by atoms with Crippen molar-refractivity contribution in [2.75, 3.05) is 6.54 Å². The number of rotatable bonds is 4. The van der Waals surface area contributed by atoms with Crippen LogP contribution in [-0.4, -0.2) is 22.0 Å². The summed E-state index contributed by atoms with van der Waals surface area (Å²) in [7, 11) is 0. The van der Waals surface area contributed by atoms with Gasteiger partial charge in [0.15, 0.2) is 0 Å². The number of aromatic nitrogens is 2. The first-order valence-electron chi connectivity index (χ1n) is 6.85. The number of hydrogen-bond donors (Lipinski definition) is 2. The summed E-state index contributed by atoms with van der Waals surface area (Å²) in [5.74, 6) is -0.992. The molecule has 0 unspecified atom stereocenters. The fraction of sp³-hybridized carbons (Fsp3) is 0.125. The molecule has 0 saturated heterocycles. The van der Waals surface area contributed by atoms with E-state index in [2.05, 4.69) is 10.3 Å². The Bertz CT molecular complexity index is 869. The van der Waals surface area contributed by atoms with Gasteiger partial charge in [-0.15, -0.1) is 0 Å². The van der Waals surface area contributed by atoms with Gasteiger partial charge in [-0.3, -0.25) is 9.59 Å².